The van der Waals surface area contributed by atoms with E-state index in [2.05, 4.69) is 24.3 Å². The number of aliphatic hydroxyl groups is 2. The van der Waals surface area contributed by atoms with E-state index < -0.39 is 0 Å². The number of rotatable bonds is 4. The second-order valence-electron chi connectivity index (χ2n) is 5.09. The zero-order chi connectivity index (χ0) is 15.4. The molecule has 0 aliphatic carbocycles. The normalized spacial score (nSPS) is 12.1. The molecule has 3 aromatic rings. The van der Waals surface area contributed by atoms with E-state index >= 15 is 0 Å². The lowest BCUT2D eigenvalue weighted by Gasteiger charge is -2.13. The van der Waals surface area contributed by atoms with Gasteiger partial charge in [0.05, 0.1) is 13.2 Å². The Kier molecular flexibility index (Phi) is 4.33. The maximum absolute atomic E-state index is 9.12. The van der Waals surface area contributed by atoms with Crippen LogP contribution < -0.4 is 0 Å². The van der Waals surface area contributed by atoms with Crippen LogP contribution in [0.15, 0.2) is 60.7 Å². The average Bonchev–Trinajstić information content (AvgIpc) is 2.58. The van der Waals surface area contributed by atoms with Crippen LogP contribution in [0.4, 0.5) is 0 Å². The molecule has 2 nitrogen and oxygen atoms in total. The monoisotopic (exact) mass is 290 g/mol. The molecule has 0 bridgehead atoms. The molecule has 0 spiro atoms. The third kappa shape index (κ3) is 2.54. The number of hydrogen-bond acceptors (Lipinski definition) is 2. The van der Waals surface area contributed by atoms with Crippen LogP contribution in [0, 0.1) is 0 Å². The maximum atomic E-state index is 9.12. The topological polar surface area (TPSA) is 40.5 Å². The van der Waals surface area contributed by atoms with Gasteiger partial charge in [-0.3, -0.25) is 0 Å². The minimum absolute atomic E-state index is 0.0226. The highest BCUT2D eigenvalue weighted by Gasteiger charge is 2.09. The summed E-state index contributed by atoms with van der Waals surface area (Å²) in [5.74, 6) is 0. The fraction of sp³-hybridized carbons (Fsp3) is 0.100. The third-order valence-corrected chi connectivity index (χ3v) is 3.79. The molecule has 110 valence electrons. The van der Waals surface area contributed by atoms with Gasteiger partial charge in [-0.25, -0.2) is 0 Å². The predicted octanol–water partition coefficient (Wildman–Crippen LogP) is 4.00. The summed E-state index contributed by atoms with van der Waals surface area (Å²) < 4.78 is 0. The van der Waals surface area contributed by atoms with E-state index in [0.717, 1.165) is 32.7 Å². The second-order valence-corrected chi connectivity index (χ2v) is 5.09. The molecule has 0 aliphatic heterocycles. The van der Waals surface area contributed by atoms with Crippen LogP contribution in [-0.4, -0.2) is 23.4 Å². The third-order valence-electron chi connectivity index (χ3n) is 3.79. The van der Waals surface area contributed by atoms with E-state index in [1.165, 1.54) is 0 Å². The zero-order valence-corrected chi connectivity index (χ0v) is 12.2. The quantitative estimate of drug-likeness (QED) is 0.713. The van der Waals surface area contributed by atoms with Gasteiger partial charge in [0.1, 0.15) is 0 Å². The van der Waals surface area contributed by atoms with Gasteiger partial charge in [0.15, 0.2) is 0 Å². The summed E-state index contributed by atoms with van der Waals surface area (Å²) in [4.78, 5) is 0. The fourth-order valence-electron chi connectivity index (χ4n) is 2.90. The number of fused-ring (bicyclic) bond motifs is 2. The molecule has 0 aliphatic rings. The summed E-state index contributed by atoms with van der Waals surface area (Å²) in [5.41, 5.74) is 2.22. The van der Waals surface area contributed by atoms with Gasteiger partial charge < -0.3 is 10.2 Å². The summed E-state index contributed by atoms with van der Waals surface area (Å²) in [6, 6.07) is 16.5. The minimum atomic E-state index is 0.0226. The van der Waals surface area contributed by atoms with Gasteiger partial charge in [-0.05, 0) is 32.7 Å². The Labute approximate surface area is 129 Å². The fourth-order valence-corrected chi connectivity index (χ4v) is 2.90. The molecule has 0 saturated heterocycles. The first-order valence-corrected chi connectivity index (χ1v) is 7.35. The van der Waals surface area contributed by atoms with Crippen LogP contribution in [0.25, 0.3) is 33.7 Å². The molecule has 0 aromatic heterocycles. The molecule has 2 heteroatoms. The summed E-state index contributed by atoms with van der Waals surface area (Å²) in [5, 5.41) is 22.8. The van der Waals surface area contributed by atoms with Crippen molar-refractivity contribution in [3.8, 4) is 0 Å². The van der Waals surface area contributed by atoms with Crippen molar-refractivity contribution in [1.82, 2.24) is 0 Å². The molecule has 22 heavy (non-hydrogen) atoms. The van der Waals surface area contributed by atoms with Crippen LogP contribution in [0.2, 0.25) is 0 Å². The standard InChI is InChI=1S/C20H18O2/c21-13-5-11-19-15-7-1-2-8-16(15)20(12-6-14-22)18-10-4-3-9-17(18)19/h1-12,21-22H,13-14H2/b11-5+,12-6+. The van der Waals surface area contributed by atoms with Crippen LogP contribution in [0.1, 0.15) is 11.1 Å². The lowest BCUT2D eigenvalue weighted by Crippen LogP contribution is -1.89. The Morgan fingerprint density at radius 3 is 1.18 bits per heavy atom. The summed E-state index contributed by atoms with van der Waals surface area (Å²) in [6.07, 6.45) is 7.48. The number of hydrogen-bond donors (Lipinski definition) is 2. The van der Waals surface area contributed by atoms with Crippen LogP contribution >= 0.6 is 0 Å². The van der Waals surface area contributed by atoms with Crippen molar-refractivity contribution in [3.05, 3.63) is 71.8 Å². The molecule has 3 aromatic carbocycles. The molecule has 0 amide bonds. The molecule has 0 radical (unpaired) electrons. The van der Waals surface area contributed by atoms with Crippen molar-refractivity contribution in [2.24, 2.45) is 0 Å². The van der Waals surface area contributed by atoms with Gasteiger partial charge in [-0.2, -0.15) is 0 Å². The van der Waals surface area contributed by atoms with E-state index in [4.69, 9.17) is 10.2 Å². The SMILES string of the molecule is OC/C=C/c1c2ccccc2c(/C=C/CO)c2ccccc12. The highest BCUT2D eigenvalue weighted by atomic mass is 16.3. The Morgan fingerprint density at radius 2 is 0.909 bits per heavy atom. The predicted molar refractivity (Wildman–Crippen MR) is 93.7 cm³/mol. The molecule has 0 heterocycles. The molecular formula is C20H18O2. The second kappa shape index (κ2) is 6.56. The Balaban J connectivity index is 2.47. The van der Waals surface area contributed by atoms with E-state index in [1.807, 2.05) is 36.4 Å². The summed E-state index contributed by atoms with van der Waals surface area (Å²) in [7, 11) is 0. The van der Waals surface area contributed by atoms with Crippen molar-refractivity contribution in [3.63, 3.8) is 0 Å². The zero-order valence-electron chi connectivity index (χ0n) is 12.2. The Hall–Kier alpha value is -2.42. The summed E-state index contributed by atoms with van der Waals surface area (Å²) >= 11 is 0. The van der Waals surface area contributed by atoms with Crippen molar-refractivity contribution >= 4 is 33.7 Å². The molecule has 0 saturated carbocycles. The minimum Gasteiger partial charge on any atom is -0.392 e. The van der Waals surface area contributed by atoms with Gasteiger partial charge >= 0.3 is 0 Å². The first-order valence-electron chi connectivity index (χ1n) is 7.35. The Bertz CT molecular complexity index is 731. The highest BCUT2D eigenvalue weighted by molar-refractivity contribution is 6.12. The van der Waals surface area contributed by atoms with E-state index in [-0.39, 0.29) is 13.2 Å². The number of aliphatic hydroxyl groups excluding tert-OH is 2. The van der Waals surface area contributed by atoms with Crippen LogP contribution in [0.3, 0.4) is 0 Å². The average molecular weight is 290 g/mol. The van der Waals surface area contributed by atoms with Gasteiger partial charge in [-0.1, -0.05) is 72.8 Å². The van der Waals surface area contributed by atoms with Crippen molar-refractivity contribution in [1.29, 1.82) is 0 Å². The van der Waals surface area contributed by atoms with Crippen molar-refractivity contribution in [2.75, 3.05) is 13.2 Å². The smallest absolute Gasteiger partial charge is 0.0615 e. The first kappa shape index (κ1) is 14.5. The van der Waals surface area contributed by atoms with Crippen LogP contribution in [-0.2, 0) is 0 Å². The van der Waals surface area contributed by atoms with E-state index in [0.29, 0.717) is 0 Å². The molecule has 3 rings (SSSR count). The van der Waals surface area contributed by atoms with Gasteiger partial charge in [0, 0.05) is 0 Å². The lowest BCUT2D eigenvalue weighted by molar-refractivity contribution is 0.343. The van der Waals surface area contributed by atoms with E-state index in [9.17, 15) is 0 Å². The van der Waals surface area contributed by atoms with Crippen molar-refractivity contribution < 1.29 is 10.2 Å². The number of benzene rings is 3. The largest absolute Gasteiger partial charge is 0.392 e. The molecular weight excluding hydrogens is 272 g/mol. The Morgan fingerprint density at radius 1 is 0.591 bits per heavy atom. The van der Waals surface area contributed by atoms with Crippen LogP contribution in [0.5, 0.6) is 0 Å². The van der Waals surface area contributed by atoms with E-state index in [1.54, 1.807) is 12.2 Å². The molecule has 0 unspecified atom stereocenters. The summed E-state index contributed by atoms with van der Waals surface area (Å²) in [6.45, 7) is 0.0453. The van der Waals surface area contributed by atoms with Gasteiger partial charge in [0.2, 0.25) is 0 Å². The lowest BCUT2D eigenvalue weighted by atomic mass is 9.91. The highest BCUT2D eigenvalue weighted by Crippen LogP contribution is 2.34. The molecule has 0 fully saturated rings. The maximum Gasteiger partial charge on any atom is 0.0615 e. The van der Waals surface area contributed by atoms with Gasteiger partial charge in [0.25, 0.3) is 0 Å². The molecule has 0 atom stereocenters. The molecule has 2 N–H and O–H groups in total. The van der Waals surface area contributed by atoms with Gasteiger partial charge in [-0.15, -0.1) is 0 Å². The van der Waals surface area contributed by atoms with Crippen molar-refractivity contribution in [2.45, 2.75) is 0 Å². The first-order chi connectivity index (χ1) is 10.9.